The Morgan fingerprint density at radius 3 is 2.46 bits per heavy atom. The van der Waals surface area contributed by atoms with Crippen LogP contribution in [0.4, 0.5) is 33.7 Å². The lowest BCUT2D eigenvalue weighted by atomic mass is 10.1. The van der Waals surface area contributed by atoms with E-state index < -0.39 is 29.3 Å². The number of nitrogens with one attached hydrogen (secondary N) is 2. The molecular weight excluding hydrogens is 540 g/mol. The lowest BCUT2D eigenvalue weighted by Crippen LogP contribution is -2.22. The number of anilines is 2. The molecular formula is C28H18F4N8O. The normalized spacial score (nSPS) is 11.5. The maximum absolute atomic E-state index is 13.6. The second-order valence-electron chi connectivity index (χ2n) is 8.81. The fraction of sp³-hybridized carbons (Fsp3) is 0.0357. The Labute approximate surface area is 229 Å². The Morgan fingerprint density at radius 1 is 0.854 bits per heavy atom. The number of amides is 2. The summed E-state index contributed by atoms with van der Waals surface area (Å²) in [5.74, 6) is 0.209. The van der Waals surface area contributed by atoms with Crippen molar-refractivity contribution >= 4 is 23.1 Å². The van der Waals surface area contributed by atoms with Gasteiger partial charge in [0.1, 0.15) is 11.6 Å². The summed E-state index contributed by atoms with van der Waals surface area (Å²) < 4.78 is 57.2. The van der Waals surface area contributed by atoms with Gasteiger partial charge in [0, 0.05) is 60.2 Å². The molecule has 0 radical (unpaired) electrons. The third-order valence-electron chi connectivity index (χ3n) is 6.12. The van der Waals surface area contributed by atoms with Crippen molar-refractivity contribution in [3.05, 3.63) is 109 Å². The van der Waals surface area contributed by atoms with E-state index in [1.54, 1.807) is 76.6 Å². The topological polar surface area (TPSA) is 102 Å². The van der Waals surface area contributed by atoms with Crippen molar-refractivity contribution in [2.45, 2.75) is 6.18 Å². The van der Waals surface area contributed by atoms with Gasteiger partial charge in [-0.15, -0.1) is 0 Å². The highest BCUT2D eigenvalue weighted by Gasteiger charge is 2.34. The summed E-state index contributed by atoms with van der Waals surface area (Å²) in [6, 6.07) is 11.1. The van der Waals surface area contributed by atoms with Crippen LogP contribution in [-0.4, -0.2) is 34.9 Å². The van der Waals surface area contributed by atoms with E-state index >= 15 is 0 Å². The highest BCUT2D eigenvalue weighted by atomic mass is 19.4. The first kappa shape index (κ1) is 25.7. The molecule has 0 fully saturated rings. The highest BCUT2D eigenvalue weighted by molar-refractivity contribution is 6.00. The first-order valence-corrected chi connectivity index (χ1v) is 12.1. The smallest absolute Gasteiger partial charge is 0.308 e. The maximum atomic E-state index is 13.6. The summed E-state index contributed by atoms with van der Waals surface area (Å²) in [6.45, 7) is 0. The fourth-order valence-electron chi connectivity index (χ4n) is 4.31. The molecule has 0 bridgehead atoms. The van der Waals surface area contributed by atoms with Gasteiger partial charge in [-0.25, -0.2) is 24.1 Å². The zero-order chi connectivity index (χ0) is 28.6. The molecule has 0 aliphatic heterocycles. The van der Waals surface area contributed by atoms with Gasteiger partial charge >= 0.3 is 12.2 Å². The Hall–Kier alpha value is -5.59. The molecule has 0 aliphatic carbocycles. The molecule has 204 valence electrons. The summed E-state index contributed by atoms with van der Waals surface area (Å²) in [5, 5.41) is 4.58. The summed E-state index contributed by atoms with van der Waals surface area (Å²) in [4.78, 5) is 30.4. The molecule has 4 aromatic heterocycles. The van der Waals surface area contributed by atoms with Gasteiger partial charge in [0.05, 0.1) is 16.9 Å². The molecule has 0 saturated heterocycles. The van der Waals surface area contributed by atoms with Crippen LogP contribution in [0.15, 0.2) is 98.0 Å². The second kappa shape index (κ2) is 10.2. The number of alkyl halides is 3. The lowest BCUT2D eigenvalue weighted by Gasteiger charge is -2.15. The monoisotopic (exact) mass is 558 g/mol. The van der Waals surface area contributed by atoms with Gasteiger partial charge in [-0.3, -0.25) is 9.55 Å². The van der Waals surface area contributed by atoms with Gasteiger partial charge in [0.25, 0.3) is 0 Å². The SMILES string of the molecule is O=C(Nc1cccc(-c2cn3ccnc3c(-n3ccnc3-c3ccncc3)n2)c1)Nc1cc(F)ccc1C(F)(F)F. The molecule has 2 amide bonds. The molecule has 0 unspecified atom stereocenters. The van der Waals surface area contributed by atoms with Crippen LogP contribution in [0.1, 0.15) is 5.56 Å². The molecule has 0 atom stereocenters. The van der Waals surface area contributed by atoms with E-state index in [1.807, 2.05) is 12.1 Å². The van der Waals surface area contributed by atoms with E-state index in [4.69, 9.17) is 4.98 Å². The van der Waals surface area contributed by atoms with Crippen molar-refractivity contribution in [3.63, 3.8) is 0 Å². The minimum absolute atomic E-state index is 0.277. The third-order valence-corrected chi connectivity index (χ3v) is 6.12. The van der Waals surface area contributed by atoms with E-state index in [-0.39, 0.29) is 5.69 Å². The molecule has 0 aliphatic rings. The number of halogens is 4. The van der Waals surface area contributed by atoms with Crippen LogP contribution in [-0.2, 0) is 6.18 Å². The third kappa shape index (κ3) is 5.20. The quantitative estimate of drug-likeness (QED) is 0.237. The maximum Gasteiger partial charge on any atom is 0.418 e. The largest absolute Gasteiger partial charge is 0.418 e. The van der Waals surface area contributed by atoms with Gasteiger partial charge in [-0.2, -0.15) is 13.2 Å². The molecule has 6 aromatic rings. The summed E-state index contributed by atoms with van der Waals surface area (Å²) >= 11 is 0. The van der Waals surface area contributed by atoms with Crippen molar-refractivity contribution in [2.24, 2.45) is 0 Å². The molecule has 2 aromatic carbocycles. The number of fused-ring (bicyclic) bond motifs is 1. The van der Waals surface area contributed by atoms with Gasteiger partial charge in [-0.05, 0) is 42.5 Å². The number of carbonyl (C=O) groups excluding carboxylic acids is 1. The predicted octanol–water partition coefficient (Wildman–Crippen LogP) is 6.45. The van der Waals surface area contributed by atoms with E-state index in [0.717, 1.165) is 5.56 Å². The van der Waals surface area contributed by atoms with Crippen molar-refractivity contribution in [1.82, 2.24) is 28.9 Å². The van der Waals surface area contributed by atoms with Gasteiger partial charge in [0.2, 0.25) is 0 Å². The average Bonchev–Trinajstić information content (AvgIpc) is 3.62. The van der Waals surface area contributed by atoms with Crippen molar-refractivity contribution in [1.29, 1.82) is 0 Å². The van der Waals surface area contributed by atoms with Crippen molar-refractivity contribution in [2.75, 3.05) is 10.6 Å². The lowest BCUT2D eigenvalue weighted by molar-refractivity contribution is -0.136. The Kier molecular flexibility index (Phi) is 6.38. The number of nitrogens with zero attached hydrogens (tertiary/aromatic N) is 6. The number of aromatic nitrogens is 6. The van der Waals surface area contributed by atoms with Crippen LogP contribution in [0.5, 0.6) is 0 Å². The second-order valence-corrected chi connectivity index (χ2v) is 8.81. The number of urea groups is 1. The minimum Gasteiger partial charge on any atom is -0.308 e. The Bertz CT molecular complexity index is 1880. The van der Waals surface area contributed by atoms with Gasteiger partial charge < -0.3 is 15.0 Å². The van der Waals surface area contributed by atoms with Crippen LogP contribution in [0.3, 0.4) is 0 Å². The fourth-order valence-corrected chi connectivity index (χ4v) is 4.31. The van der Waals surface area contributed by atoms with Crippen LogP contribution >= 0.6 is 0 Å². The first-order valence-electron chi connectivity index (χ1n) is 12.1. The van der Waals surface area contributed by atoms with Gasteiger partial charge in [0.15, 0.2) is 11.5 Å². The molecule has 2 N–H and O–H groups in total. The van der Waals surface area contributed by atoms with Crippen LogP contribution < -0.4 is 10.6 Å². The molecule has 6 rings (SSSR count). The Morgan fingerprint density at radius 2 is 1.66 bits per heavy atom. The standard InChI is InChI=1S/C28H18F4N8O/c29-19-4-5-21(28(30,31)32)22(15-19)38-27(41)36-20-3-1-2-18(14-20)23-16-39-12-10-35-25(39)26(37-23)40-13-11-34-24(40)17-6-8-33-9-7-17/h1-16H,(H2,36,38,41). The molecule has 0 saturated carbocycles. The number of carbonyl (C=O) groups is 1. The first-order chi connectivity index (χ1) is 19.8. The summed E-state index contributed by atoms with van der Waals surface area (Å²) in [5.41, 5.74) is 0.934. The minimum atomic E-state index is -4.78. The molecule has 4 heterocycles. The van der Waals surface area contributed by atoms with Crippen LogP contribution in [0.2, 0.25) is 0 Å². The zero-order valence-electron chi connectivity index (χ0n) is 20.8. The van der Waals surface area contributed by atoms with Gasteiger partial charge in [-0.1, -0.05) is 12.1 Å². The molecule has 0 spiro atoms. The predicted molar refractivity (Wildman–Crippen MR) is 143 cm³/mol. The average molecular weight is 558 g/mol. The summed E-state index contributed by atoms with van der Waals surface area (Å²) in [6.07, 6.45) is 7.12. The number of hydrogen-bond donors (Lipinski definition) is 2. The number of hydrogen-bond acceptors (Lipinski definition) is 5. The van der Waals surface area contributed by atoms with E-state index in [1.165, 1.54) is 0 Å². The molecule has 9 nitrogen and oxygen atoms in total. The van der Waals surface area contributed by atoms with E-state index in [0.29, 0.717) is 46.7 Å². The zero-order valence-corrected chi connectivity index (χ0v) is 20.8. The van der Waals surface area contributed by atoms with Crippen molar-refractivity contribution in [3.8, 4) is 28.5 Å². The number of benzene rings is 2. The molecule has 13 heteroatoms. The number of rotatable bonds is 5. The Balaban J connectivity index is 1.32. The number of pyridine rings is 1. The highest BCUT2D eigenvalue weighted by Crippen LogP contribution is 2.35. The molecule has 41 heavy (non-hydrogen) atoms. The van der Waals surface area contributed by atoms with Crippen molar-refractivity contribution < 1.29 is 22.4 Å². The number of imidazole rings is 2. The van der Waals surface area contributed by atoms with Crippen LogP contribution in [0.25, 0.3) is 34.1 Å². The van der Waals surface area contributed by atoms with E-state index in [2.05, 4.69) is 25.6 Å². The van der Waals surface area contributed by atoms with Crippen LogP contribution in [0, 0.1) is 5.82 Å². The summed E-state index contributed by atoms with van der Waals surface area (Å²) in [7, 11) is 0. The van der Waals surface area contributed by atoms with E-state index in [9.17, 15) is 22.4 Å².